The van der Waals surface area contributed by atoms with Crippen molar-refractivity contribution in [1.29, 1.82) is 0 Å². The van der Waals surface area contributed by atoms with E-state index in [1.165, 1.54) is 27.7 Å². The molecular weight excluding hydrogens is 424 g/mol. The average Bonchev–Trinajstić information content (AvgIpc) is 2.46. The fourth-order valence-electron chi connectivity index (χ4n) is 1.96. The molecule has 0 amide bonds. The van der Waals surface area contributed by atoms with Gasteiger partial charge in [-0.15, -0.1) is 0 Å². The summed E-state index contributed by atoms with van der Waals surface area (Å²) in [6, 6.07) is 0. The van der Waals surface area contributed by atoms with Gasteiger partial charge in [0.25, 0.3) is 0 Å². The molecule has 0 aromatic heterocycles. The number of carbonyl (C=O) groups excluding carboxylic acids is 2. The second-order valence-corrected chi connectivity index (χ2v) is 8.96. The van der Waals surface area contributed by atoms with Gasteiger partial charge in [-0.25, -0.2) is 0 Å². The molecule has 0 spiro atoms. The van der Waals surface area contributed by atoms with Crippen LogP contribution in [-0.4, -0.2) is 43.8 Å². The molecule has 0 aliphatic heterocycles. The SMILES string of the molecule is CCOP(=O)(OCC)C(/C(=C/C(=O)[O-])C(=O)[O-])P(=O)(OCC)OCC.[Na+].[Na+]. The summed E-state index contributed by atoms with van der Waals surface area (Å²) in [7, 11) is -8.94. The third kappa shape index (κ3) is 10.0. The van der Waals surface area contributed by atoms with Crippen LogP contribution in [0.1, 0.15) is 27.7 Å². The maximum Gasteiger partial charge on any atom is 1.00 e. The van der Waals surface area contributed by atoms with Crippen LogP contribution in [0.25, 0.3) is 0 Å². The van der Waals surface area contributed by atoms with Crippen LogP contribution in [0.4, 0.5) is 0 Å². The molecule has 0 aromatic carbocycles. The molecular formula is C13H22Na2O10P2. The molecule has 0 saturated carbocycles. The van der Waals surface area contributed by atoms with Gasteiger partial charge in [-0.05, 0) is 33.8 Å². The van der Waals surface area contributed by atoms with Crippen molar-refractivity contribution >= 4 is 27.1 Å². The average molecular weight is 446 g/mol. The minimum absolute atomic E-state index is 0. The van der Waals surface area contributed by atoms with Crippen LogP contribution in [0.5, 0.6) is 0 Å². The Labute approximate surface area is 203 Å². The summed E-state index contributed by atoms with van der Waals surface area (Å²) in [5, 5.41) is 20.2. The minimum atomic E-state index is -4.47. The van der Waals surface area contributed by atoms with Gasteiger partial charge in [0.2, 0.25) is 0 Å². The van der Waals surface area contributed by atoms with Crippen LogP contribution >= 0.6 is 15.2 Å². The van der Waals surface area contributed by atoms with E-state index in [1.807, 2.05) is 0 Å². The molecule has 0 radical (unpaired) electrons. The normalized spacial score (nSPS) is 12.3. The molecule has 0 N–H and O–H groups in total. The molecule has 0 saturated heterocycles. The third-order valence-corrected chi connectivity index (χ3v) is 8.55. The van der Waals surface area contributed by atoms with Gasteiger partial charge < -0.3 is 37.9 Å². The predicted molar refractivity (Wildman–Crippen MR) is 83.6 cm³/mol. The zero-order chi connectivity index (χ0) is 19.7. The van der Waals surface area contributed by atoms with Gasteiger partial charge in [-0.2, -0.15) is 0 Å². The van der Waals surface area contributed by atoms with Crippen molar-refractivity contribution in [3.63, 3.8) is 0 Å². The molecule has 0 fully saturated rings. The summed E-state index contributed by atoms with van der Waals surface area (Å²) in [6.07, 6.45) is 0.107. The van der Waals surface area contributed by atoms with Crippen molar-refractivity contribution in [3.05, 3.63) is 11.6 Å². The molecule has 0 bridgehead atoms. The minimum Gasteiger partial charge on any atom is -0.545 e. The van der Waals surface area contributed by atoms with Crippen molar-refractivity contribution in [3.8, 4) is 0 Å². The van der Waals surface area contributed by atoms with E-state index in [0.29, 0.717) is 0 Å². The largest absolute Gasteiger partial charge is 1.00 e. The first kappa shape index (κ1) is 32.6. The molecule has 0 unspecified atom stereocenters. The van der Waals surface area contributed by atoms with E-state index >= 15 is 0 Å². The Kier molecular flexibility index (Phi) is 19.1. The first-order valence-electron chi connectivity index (χ1n) is 7.53. The third-order valence-electron chi connectivity index (χ3n) is 2.62. The van der Waals surface area contributed by atoms with Crippen molar-refractivity contribution < 1.29 is 106 Å². The summed E-state index contributed by atoms with van der Waals surface area (Å²) >= 11 is 0. The maximum absolute atomic E-state index is 13.1. The number of rotatable bonds is 13. The van der Waals surface area contributed by atoms with Crippen LogP contribution in [0, 0.1) is 0 Å². The molecule has 14 heteroatoms. The Morgan fingerprint density at radius 2 is 1.11 bits per heavy atom. The smallest absolute Gasteiger partial charge is 0.545 e. The van der Waals surface area contributed by atoms with Gasteiger partial charge in [0.05, 0.1) is 38.4 Å². The van der Waals surface area contributed by atoms with Crippen LogP contribution in [0.15, 0.2) is 11.6 Å². The van der Waals surface area contributed by atoms with Gasteiger partial charge in [0.15, 0.2) is 5.40 Å². The fourth-order valence-corrected chi connectivity index (χ4v) is 7.34. The maximum atomic E-state index is 13.1. The number of aliphatic carboxylic acids is 2. The topological polar surface area (TPSA) is 151 Å². The second-order valence-electron chi connectivity index (χ2n) is 4.33. The first-order valence-corrected chi connectivity index (χ1v) is 10.8. The number of hydrogen-bond donors (Lipinski definition) is 0. The Morgan fingerprint density at radius 3 is 1.30 bits per heavy atom. The van der Waals surface area contributed by atoms with Gasteiger partial charge in [0.1, 0.15) is 0 Å². The quantitative estimate of drug-likeness (QED) is 0.152. The van der Waals surface area contributed by atoms with Crippen molar-refractivity contribution in [2.45, 2.75) is 33.1 Å². The van der Waals surface area contributed by atoms with Gasteiger partial charge in [-0.1, -0.05) is 0 Å². The fraction of sp³-hybridized carbons (Fsp3) is 0.692. The number of carbonyl (C=O) groups is 2. The van der Waals surface area contributed by atoms with E-state index in [9.17, 15) is 28.9 Å². The van der Waals surface area contributed by atoms with Crippen LogP contribution < -0.4 is 69.3 Å². The summed E-state index contributed by atoms with van der Waals surface area (Å²) in [6.45, 7) is 4.98. The van der Waals surface area contributed by atoms with Crippen LogP contribution in [0.3, 0.4) is 0 Å². The molecule has 0 heterocycles. The molecule has 146 valence electrons. The molecule has 0 aliphatic carbocycles. The molecule has 0 aromatic rings. The standard InChI is InChI=1S/C13H24O10P2.2Na/c1-5-20-24(18,21-6-2)13(10(12(16)17)9-11(14)15)25(19,22-7-3)23-8-4;;/h9,13H,5-8H2,1-4H3,(H,14,15)(H,16,17);;/q;2*+1/p-2/b10-9+;;. The Hall–Kier alpha value is 0.980. The van der Waals surface area contributed by atoms with Crippen molar-refractivity contribution in [2.75, 3.05) is 26.4 Å². The van der Waals surface area contributed by atoms with E-state index < -0.39 is 38.1 Å². The summed E-state index contributed by atoms with van der Waals surface area (Å²) in [5.41, 5.74) is -1.13. The monoisotopic (exact) mass is 446 g/mol. The summed E-state index contributed by atoms with van der Waals surface area (Å²) < 4.78 is 46.4. The van der Waals surface area contributed by atoms with Gasteiger partial charge >= 0.3 is 74.3 Å². The predicted octanol–water partition coefficient (Wildman–Crippen LogP) is -5.72. The van der Waals surface area contributed by atoms with E-state index in [-0.39, 0.29) is 91.6 Å². The molecule has 0 aliphatic rings. The summed E-state index contributed by atoms with van der Waals surface area (Å²) in [4.78, 5) is 22.3. The Bertz CT molecular complexity index is 546. The second kappa shape index (κ2) is 15.8. The van der Waals surface area contributed by atoms with Gasteiger partial charge in [-0.3, -0.25) is 9.13 Å². The Morgan fingerprint density at radius 1 is 0.815 bits per heavy atom. The molecule has 27 heavy (non-hydrogen) atoms. The Balaban J connectivity index is -0.00000288. The summed E-state index contributed by atoms with van der Waals surface area (Å²) in [5.74, 6) is -3.98. The van der Waals surface area contributed by atoms with E-state index in [0.717, 1.165) is 0 Å². The van der Waals surface area contributed by atoms with Crippen molar-refractivity contribution in [1.82, 2.24) is 0 Å². The first-order chi connectivity index (χ1) is 11.6. The van der Waals surface area contributed by atoms with Crippen LogP contribution in [0.2, 0.25) is 0 Å². The van der Waals surface area contributed by atoms with E-state index in [4.69, 9.17) is 18.1 Å². The zero-order valence-electron chi connectivity index (χ0n) is 16.5. The van der Waals surface area contributed by atoms with E-state index in [2.05, 4.69) is 0 Å². The molecule has 10 nitrogen and oxygen atoms in total. The van der Waals surface area contributed by atoms with Crippen molar-refractivity contribution in [2.24, 2.45) is 0 Å². The molecule has 0 atom stereocenters. The van der Waals surface area contributed by atoms with Crippen LogP contribution in [-0.2, 0) is 36.8 Å². The number of hydrogen-bond acceptors (Lipinski definition) is 10. The number of carboxylic acids is 2. The molecule has 0 rings (SSSR count). The number of carboxylic acid groups (broad SMARTS) is 2. The van der Waals surface area contributed by atoms with E-state index in [1.54, 1.807) is 0 Å². The van der Waals surface area contributed by atoms with Gasteiger partial charge in [0, 0.05) is 5.57 Å². The zero-order valence-corrected chi connectivity index (χ0v) is 22.2.